The lowest BCUT2D eigenvalue weighted by molar-refractivity contribution is 0.317. The third-order valence-electron chi connectivity index (χ3n) is 1.88. The van der Waals surface area contributed by atoms with Gasteiger partial charge in [0.15, 0.2) is 0 Å². The second-order valence-electron chi connectivity index (χ2n) is 2.75. The van der Waals surface area contributed by atoms with Crippen molar-refractivity contribution in [3.8, 4) is 0 Å². The summed E-state index contributed by atoms with van der Waals surface area (Å²) >= 11 is 0. The van der Waals surface area contributed by atoms with Gasteiger partial charge in [-0.2, -0.15) is 5.10 Å². The summed E-state index contributed by atoms with van der Waals surface area (Å²) < 4.78 is 2.03. The summed E-state index contributed by atoms with van der Waals surface area (Å²) in [6.07, 6.45) is 2.04. The van der Waals surface area contributed by atoms with Crippen LogP contribution in [0.15, 0.2) is 12.3 Å². The fourth-order valence-corrected chi connectivity index (χ4v) is 1.10. The van der Waals surface area contributed by atoms with E-state index in [1.807, 2.05) is 23.9 Å². The summed E-state index contributed by atoms with van der Waals surface area (Å²) in [6.45, 7) is 4.16. The molecular formula is C7H11N3. The molecule has 2 rings (SSSR count). The number of rotatable bonds is 1. The van der Waals surface area contributed by atoms with Crippen LogP contribution in [0, 0.1) is 6.92 Å². The average Bonchev–Trinajstić information content (AvgIpc) is 2.10. The van der Waals surface area contributed by atoms with E-state index in [9.17, 15) is 0 Å². The van der Waals surface area contributed by atoms with Crippen molar-refractivity contribution in [1.82, 2.24) is 15.1 Å². The molecule has 0 amide bonds. The molecule has 0 aromatic carbocycles. The van der Waals surface area contributed by atoms with E-state index >= 15 is 0 Å². The first-order chi connectivity index (χ1) is 4.86. The molecule has 0 saturated carbocycles. The number of nitrogens with zero attached hydrogens (tertiary/aromatic N) is 2. The minimum atomic E-state index is 0.605. The van der Waals surface area contributed by atoms with Gasteiger partial charge in [0.1, 0.15) is 0 Å². The molecule has 1 aliphatic rings. The third kappa shape index (κ3) is 0.827. The molecule has 0 bridgehead atoms. The van der Waals surface area contributed by atoms with Crippen molar-refractivity contribution in [3.63, 3.8) is 0 Å². The number of aryl methyl sites for hydroxylation is 1. The number of hydrogen-bond donors (Lipinski definition) is 1. The monoisotopic (exact) mass is 137 g/mol. The number of hydrogen-bond acceptors (Lipinski definition) is 2. The maximum absolute atomic E-state index is 4.31. The standard InChI is InChI=1S/C7H11N3/c1-6-2-3-10(9-6)7-4-8-5-7/h2-3,7-8H,4-5H2,1H3. The van der Waals surface area contributed by atoms with Gasteiger partial charge in [0.05, 0.1) is 11.7 Å². The Kier molecular flexibility index (Phi) is 1.24. The molecule has 0 radical (unpaired) electrons. The summed E-state index contributed by atoms with van der Waals surface area (Å²) in [4.78, 5) is 0. The first-order valence-corrected chi connectivity index (χ1v) is 3.59. The highest BCUT2D eigenvalue weighted by Gasteiger charge is 2.18. The molecule has 2 heterocycles. The van der Waals surface area contributed by atoms with Gasteiger partial charge in [0.2, 0.25) is 0 Å². The maximum Gasteiger partial charge on any atom is 0.0767 e. The summed E-state index contributed by atoms with van der Waals surface area (Å²) in [5, 5.41) is 7.52. The van der Waals surface area contributed by atoms with E-state index in [0.717, 1.165) is 18.8 Å². The zero-order chi connectivity index (χ0) is 6.97. The van der Waals surface area contributed by atoms with Gasteiger partial charge in [-0.1, -0.05) is 0 Å². The zero-order valence-corrected chi connectivity index (χ0v) is 6.04. The van der Waals surface area contributed by atoms with E-state index in [0.29, 0.717) is 6.04 Å². The Morgan fingerprint density at radius 1 is 1.70 bits per heavy atom. The van der Waals surface area contributed by atoms with Gasteiger partial charge in [-0.15, -0.1) is 0 Å². The van der Waals surface area contributed by atoms with E-state index in [4.69, 9.17) is 0 Å². The minimum Gasteiger partial charge on any atom is -0.312 e. The predicted octanol–water partition coefficient (Wildman–Crippen LogP) is 0.336. The maximum atomic E-state index is 4.31. The van der Waals surface area contributed by atoms with Gasteiger partial charge in [-0.3, -0.25) is 4.68 Å². The van der Waals surface area contributed by atoms with E-state index in [-0.39, 0.29) is 0 Å². The first-order valence-electron chi connectivity index (χ1n) is 3.59. The van der Waals surface area contributed by atoms with Crippen molar-refractivity contribution in [2.75, 3.05) is 13.1 Å². The Labute approximate surface area is 60.0 Å². The SMILES string of the molecule is Cc1ccn(C2CNC2)n1. The van der Waals surface area contributed by atoms with E-state index in [1.165, 1.54) is 0 Å². The highest BCUT2D eigenvalue weighted by Crippen LogP contribution is 2.09. The highest BCUT2D eigenvalue weighted by atomic mass is 15.3. The molecule has 1 aliphatic heterocycles. The summed E-state index contributed by atoms with van der Waals surface area (Å²) in [7, 11) is 0. The molecular weight excluding hydrogens is 126 g/mol. The second-order valence-corrected chi connectivity index (χ2v) is 2.75. The van der Waals surface area contributed by atoms with Crippen molar-refractivity contribution in [2.24, 2.45) is 0 Å². The molecule has 1 aromatic rings. The van der Waals surface area contributed by atoms with Gasteiger partial charge in [0.25, 0.3) is 0 Å². The molecule has 10 heavy (non-hydrogen) atoms. The molecule has 1 N–H and O–H groups in total. The Bertz CT molecular complexity index is 225. The van der Waals surface area contributed by atoms with Crippen LogP contribution in [0.3, 0.4) is 0 Å². The Balaban J connectivity index is 2.17. The normalized spacial score (nSPS) is 18.9. The zero-order valence-electron chi connectivity index (χ0n) is 6.04. The molecule has 3 heteroatoms. The molecule has 54 valence electrons. The summed E-state index contributed by atoms with van der Waals surface area (Å²) in [5.74, 6) is 0. The largest absolute Gasteiger partial charge is 0.312 e. The van der Waals surface area contributed by atoms with Crippen molar-refractivity contribution < 1.29 is 0 Å². The van der Waals surface area contributed by atoms with Crippen LogP contribution in [0.25, 0.3) is 0 Å². The Hall–Kier alpha value is -0.830. The van der Waals surface area contributed by atoms with E-state index < -0.39 is 0 Å². The fraction of sp³-hybridized carbons (Fsp3) is 0.571. The lowest BCUT2D eigenvalue weighted by Crippen LogP contribution is -2.43. The van der Waals surface area contributed by atoms with Crippen LogP contribution in [0.5, 0.6) is 0 Å². The molecule has 1 saturated heterocycles. The van der Waals surface area contributed by atoms with Gasteiger partial charge >= 0.3 is 0 Å². The van der Waals surface area contributed by atoms with Crippen LogP contribution in [0.2, 0.25) is 0 Å². The fourth-order valence-electron chi connectivity index (χ4n) is 1.10. The van der Waals surface area contributed by atoms with Crippen LogP contribution >= 0.6 is 0 Å². The highest BCUT2D eigenvalue weighted by molar-refractivity contribution is 4.97. The van der Waals surface area contributed by atoms with Gasteiger partial charge in [-0.05, 0) is 13.0 Å². The summed E-state index contributed by atoms with van der Waals surface area (Å²) in [6, 6.07) is 2.65. The van der Waals surface area contributed by atoms with E-state index in [1.54, 1.807) is 0 Å². The van der Waals surface area contributed by atoms with Gasteiger partial charge in [-0.25, -0.2) is 0 Å². The number of aromatic nitrogens is 2. The van der Waals surface area contributed by atoms with Gasteiger partial charge < -0.3 is 5.32 Å². The molecule has 1 fully saturated rings. The van der Waals surface area contributed by atoms with Crippen molar-refractivity contribution in [3.05, 3.63) is 18.0 Å². The lowest BCUT2D eigenvalue weighted by Gasteiger charge is -2.27. The minimum absolute atomic E-state index is 0.605. The van der Waals surface area contributed by atoms with Gasteiger partial charge in [0, 0.05) is 19.3 Å². The van der Waals surface area contributed by atoms with Crippen LogP contribution in [-0.4, -0.2) is 22.9 Å². The van der Waals surface area contributed by atoms with E-state index in [2.05, 4.69) is 10.4 Å². The molecule has 0 unspecified atom stereocenters. The van der Waals surface area contributed by atoms with Crippen LogP contribution in [0.1, 0.15) is 11.7 Å². The van der Waals surface area contributed by atoms with Crippen molar-refractivity contribution in [1.29, 1.82) is 0 Å². The Morgan fingerprint density at radius 2 is 2.50 bits per heavy atom. The predicted molar refractivity (Wildman–Crippen MR) is 38.9 cm³/mol. The van der Waals surface area contributed by atoms with Crippen molar-refractivity contribution in [2.45, 2.75) is 13.0 Å². The lowest BCUT2D eigenvalue weighted by atomic mass is 10.2. The summed E-state index contributed by atoms with van der Waals surface area (Å²) in [5.41, 5.74) is 1.10. The second kappa shape index (κ2) is 2.09. The van der Waals surface area contributed by atoms with Crippen LogP contribution in [-0.2, 0) is 0 Å². The van der Waals surface area contributed by atoms with Crippen LogP contribution < -0.4 is 5.32 Å². The molecule has 0 spiro atoms. The topological polar surface area (TPSA) is 29.9 Å². The molecule has 3 nitrogen and oxygen atoms in total. The van der Waals surface area contributed by atoms with Crippen molar-refractivity contribution >= 4 is 0 Å². The molecule has 0 atom stereocenters. The molecule has 0 aliphatic carbocycles. The number of nitrogens with one attached hydrogen (secondary N) is 1. The first kappa shape index (κ1) is 5.92. The third-order valence-corrected chi connectivity index (χ3v) is 1.88. The molecule has 1 aromatic heterocycles. The smallest absolute Gasteiger partial charge is 0.0767 e. The Morgan fingerprint density at radius 3 is 2.90 bits per heavy atom. The average molecular weight is 137 g/mol. The quantitative estimate of drug-likeness (QED) is 0.604. The van der Waals surface area contributed by atoms with Crippen LogP contribution in [0.4, 0.5) is 0 Å².